The number of thiazole rings is 1. The van der Waals surface area contributed by atoms with Crippen molar-refractivity contribution in [2.45, 2.75) is 32.4 Å². The lowest BCUT2D eigenvalue weighted by Gasteiger charge is -2.15. The van der Waals surface area contributed by atoms with Crippen LogP contribution < -0.4 is 10.1 Å². The number of aromatic nitrogens is 2. The molecule has 148 valence electrons. The number of alkyl halides is 3. The van der Waals surface area contributed by atoms with E-state index in [0.717, 1.165) is 30.2 Å². The summed E-state index contributed by atoms with van der Waals surface area (Å²) in [6.45, 7) is 2.28. The first kappa shape index (κ1) is 20.1. The van der Waals surface area contributed by atoms with Crippen LogP contribution in [0.2, 0.25) is 0 Å². The fourth-order valence-corrected chi connectivity index (χ4v) is 3.33. The average molecular weight is 407 g/mol. The Labute approximate surface area is 165 Å². The molecule has 28 heavy (non-hydrogen) atoms. The predicted molar refractivity (Wildman–Crippen MR) is 105 cm³/mol. The van der Waals surface area contributed by atoms with Gasteiger partial charge in [-0.05, 0) is 30.7 Å². The SMILES string of the molecule is CCCCCOc1cc(Nc2nc(-c3cccnc3)cs2)ccc1C(F)(F)F. The molecule has 0 amide bonds. The predicted octanol–water partition coefficient (Wildman–Crippen LogP) is 6.54. The van der Waals surface area contributed by atoms with Crippen molar-refractivity contribution in [2.24, 2.45) is 0 Å². The fraction of sp³-hybridized carbons (Fsp3) is 0.300. The number of unbranched alkanes of at least 4 members (excludes halogenated alkanes) is 2. The van der Waals surface area contributed by atoms with Crippen LogP contribution in [0.25, 0.3) is 11.3 Å². The summed E-state index contributed by atoms with van der Waals surface area (Å²) in [5, 5.41) is 5.50. The van der Waals surface area contributed by atoms with E-state index in [4.69, 9.17) is 4.74 Å². The zero-order chi connectivity index (χ0) is 20.0. The second-order valence-electron chi connectivity index (χ2n) is 6.17. The third-order valence-corrected chi connectivity index (χ3v) is 4.76. The van der Waals surface area contributed by atoms with Gasteiger partial charge >= 0.3 is 6.18 Å². The molecule has 0 radical (unpaired) electrons. The lowest BCUT2D eigenvalue weighted by molar-refractivity contribution is -0.138. The van der Waals surface area contributed by atoms with Crippen molar-refractivity contribution in [1.82, 2.24) is 9.97 Å². The number of hydrogen-bond acceptors (Lipinski definition) is 5. The van der Waals surface area contributed by atoms with E-state index in [2.05, 4.69) is 15.3 Å². The van der Waals surface area contributed by atoms with Crippen molar-refractivity contribution in [3.8, 4) is 17.0 Å². The summed E-state index contributed by atoms with van der Waals surface area (Å²) < 4.78 is 45.2. The molecule has 0 saturated carbocycles. The number of ether oxygens (including phenoxy) is 1. The van der Waals surface area contributed by atoms with Gasteiger partial charge in [0.05, 0.1) is 17.9 Å². The van der Waals surface area contributed by atoms with Gasteiger partial charge in [-0.25, -0.2) is 4.98 Å². The number of anilines is 2. The highest BCUT2D eigenvalue weighted by atomic mass is 32.1. The summed E-state index contributed by atoms with van der Waals surface area (Å²) in [4.78, 5) is 8.53. The molecule has 1 aromatic carbocycles. The Morgan fingerprint density at radius 2 is 2.04 bits per heavy atom. The third kappa shape index (κ3) is 5.22. The highest BCUT2D eigenvalue weighted by Crippen LogP contribution is 2.38. The van der Waals surface area contributed by atoms with Gasteiger partial charge in [-0.2, -0.15) is 13.2 Å². The second kappa shape index (κ2) is 9.05. The monoisotopic (exact) mass is 407 g/mol. The van der Waals surface area contributed by atoms with Crippen LogP contribution in [0.1, 0.15) is 31.7 Å². The van der Waals surface area contributed by atoms with E-state index >= 15 is 0 Å². The summed E-state index contributed by atoms with van der Waals surface area (Å²) in [5.74, 6) is -0.169. The van der Waals surface area contributed by atoms with Crippen LogP contribution in [0.4, 0.5) is 24.0 Å². The van der Waals surface area contributed by atoms with Crippen LogP contribution in [0.5, 0.6) is 5.75 Å². The zero-order valence-corrected chi connectivity index (χ0v) is 16.1. The lowest BCUT2D eigenvalue weighted by Crippen LogP contribution is -2.10. The smallest absolute Gasteiger partial charge is 0.419 e. The maximum atomic E-state index is 13.3. The van der Waals surface area contributed by atoms with Crippen molar-refractivity contribution in [2.75, 3.05) is 11.9 Å². The number of halogens is 3. The summed E-state index contributed by atoms with van der Waals surface area (Å²) >= 11 is 1.37. The molecule has 0 bridgehead atoms. The Balaban J connectivity index is 1.77. The minimum atomic E-state index is -4.46. The Bertz CT molecular complexity index is 897. The van der Waals surface area contributed by atoms with Gasteiger partial charge in [0.25, 0.3) is 0 Å². The molecule has 2 heterocycles. The van der Waals surface area contributed by atoms with Gasteiger partial charge in [-0.15, -0.1) is 11.3 Å². The van der Waals surface area contributed by atoms with Gasteiger partial charge in [0, 0.05) is 35.1 Å². The molecule has 1 N–H and O–H groups in total. The number of benzene rings is 1. The fourth-order valence-electron chi connectivity index (χ4n) is 2.59. The Hall–Kier alpha value is -2.61. The largest absolute Gasteiger partial charge is 0.493 e. The Morgan fingerprint density at radius 1 is 1.18 bits per heavy atom. The molecular weight excluding hydrogens is 387 g/mol. The summed E-state index contributed by atoms with van der Waals surface area (Å²) in [5.41, 5.74) is 1.35. The molecule has 0 aliphatic carbocycles. The summed E-state index contributed by atoms with van der Waals surface area (Å²) in [7, 11) is 0. The van der Waals surface area contributed by atoms with E-state index in [1.165, 1.54) is 23.5 Å². The summed E-state index contributed by atoms with van der Waals surface area (Å²) in [6.07, 6.45) is 1.52. The molecular formula is C20H20F3N3OS. The van der Waals surface area contributed by atoms with Crippen LogP contribution >= 0.6 is 11.3 Å². The highest BCUT2D eigenvalue weighted by molar-refractivity contribution is 7.14. The van der Waals surface area contributed by atoms with Crippen molar-refractivity contribution >= 4 is 22.2 Å². The molecule has 0 aliphatic heterocycles. The summed E-state index contributed by atoms with van der Waals surface area (Å²) in [6, 6.07) is 7.51. The third-order valence-electron chi connectivity index (χ3n) is 4.01. The molecule has 4 nitrogen and oxygen atoms in total. The highest BCUT2D eigenvalue weighted by Gasteiger charge is 2.34. The van der Waals surface area contributed by atoms with Crippen molar-refractivity contribution in [3.63, 3.8) is 0 Å². The number of hydrogen-bond donors (Lipinski definition) is 1. The van der Waals surface area contributed by atoms with Crippen LogP contribution in [0.3, 0.4) is 0 Å². The van der Waals surface area contributed by atoms with E-state index in [1.54, 1.807) is 12.4 Å². The van der Waals surface area contributed by atoms with Crippen molar-refractivity contribution in [3.05, 3.63) is 53.7 Å². The second-order valence-corrected chi connectivity index (χ2v) is 7.03. The minimum absolute atomic E-state index is 0.169. The molecule has 0 unspecified atom stereocenters. The van der Waals surface area contributed by atoms with Gasteiger partial charge in [0.1, 0.15) is 5.75 Å². The van der Waals surface area contributed by atoms with Gasteiger partial charge < -0.3 is 10.1 Å². The van der Waals surface area contributed by atoms with Crippen molar-refractivity contribution in [1.29, 1.82) is 0 Å². The number of pyridine rings is 1. The maximum absolute atomic E-state index is 13.3. The van der Waals surface area contributed by atoms with Crippen LogP contribution in [-0.2, 0) is 6.18 Å². The maximum Gasteiger partial charge on any atom is 0.419 e. The molecule has 0 aliphatic rings. The van der Waals surface area contributed by atoms with E-state index < -0.39 is 11.7 Å². The molecule has 0 fully saturated rings. The van der Waals surface area contributed by atoms with Crippen LogP contribution in [0.15, 0.2) is 48.1 Å². The van der Waals surface area contributed by atoms with Crippen molar-refractivity contribution < 1.29 is 17.9 Å². The first-order chi connectivity index (χ1) is 13.5. The van der Waals surface area contributed by atoms with Gasteiger partial charge in [0.15, 0.2) is 5.13 Å². The number of rotatable bonds is 8. The number of nitrogens with one attached hydrogen (secondary N) is 1. The van der Waals surface area contributed by atoms with Crippen LogP contribution in [-0.4, -0.2) is 16.6 Å². The number of nitrogens with zero attached hydrogens (tertiary/aromatic N) is 2. The van der Waals surface area contributed by atoms with Gasteiger partial charge in [0.2, 0.25) is 0 Å². The first-order valence-electron chi connectivity index (χ1n) is 8.94. The van der Waals surface area contributed by atoms with Gasteiger partial charge in [-0.1, -0.05) is 19.8 Å². The van der Waals surface area contributed by atoms with E-state index in [9.17, 15) is 13.2 Å². The zero-order valence-electron chi connectivity index (χ0n) is 15.3. The molecule has 0 spiro atoms. The lowest BCUT2D eigenvalue weighted by atomic mass is 10.1. The standard InChI is InChI=1S/C20H20F3N3OS/c1-2-3-4-10-27-18-11-15(7-8-16(18)20(21,22)23)25-19-26-17(13-28-19)14-6-5-9-24-12-14/h5-9,11-13H,2-4,10H2,1H3,(H,25,26). The molecule has 3 rings (SSSR count). The molecule has 3 aromatic rings. The minimum Gasteiger partial charge on any atom is -0.493 e. The van der Waals surface area contributed by atoms with E-state index in [1.807, 2.05) is 24.4 Å². The molecule has 0 atom stereocenters. The van der Waals surface area contributed by atoms with E-state index in [0.29, 0.717) is 17.2 Å². The normalized spacial score (nSPS) is 11.4. The first-order valence-corrected chi connectivity index (χ1v) is 9.82. The quantitative estimate of drug-likeness (QED) is 0.431. The molecule has 8 heteroatoms. The molecule has 2 aromatic heterocycles. The van der Waals surface area contributed by atoms with E-state index in [-0.39, 0.29) is 12.4 Å². The van der Waals surface area contributed by atoms with Crippen LogP contribution in [0, 0.1) is 0 Å². The van der Waals surface area contributed by atoms with Gasteiger partial charge in [-0.3, -0.25) is 4.98 Å². The average Bonchev–Trinajstić information content (AvgIpc) is 3.14. The Morgan fingerprint density at radius 3 is 2.75 bits per heavy atom. The molecule has 0 saturated heterocycles. The Kier molecular flexibility index (Phi) is 6.51. The topological polar surface area (TPSA) is 47.0 Å².